The Morgan fingerprint density at radius 3 is 0.526 bits per heavy atom. The zero-order valence-electron chi connectivity index (χ0n) is 14.5. The summed E-state index contributed by atoms with van der Waals surface area (Å²) in [6.45, 7) is 18.8. The van der Waals surface area contributed by atoms with E-state index in [0.29, 0.717) is 0 Å². The Kier molecular flexibility index (Phi) is 19.0. The maximum Gasteiger partial charge on any atom is 0.0479 e. The summed E-state index contributed by atoms with van der Waals surface area (Å²) in [5.74, 6) is 0. The van der Waals surface area contributed by atoms with E-state index in [9.17, 15) is 0 Å². The van der Waals surface area contributed by atoms with Crippen molar-refractivity contribution in [3.05, 3.63) is 0 Å². The molecule has 0 unspecified atom stereocenters. The van der Waals surface area contributed by atoms with Gasteiger partial charge in [0.1, 0.15) is 0 Å². The molecule has 0 fully saturated rings. The van der Waals surface area contributed by atoms with Gasteiger partial charge in [-0.3, -0.25) is 0 Å². The molecule has 0 bridgehead atoms. The Hall–Kier alpha value is 1.07. The molecule has 0 saturated carbocycles. The molecule has 0 spiro atoms. The van der Waals surface area contributed by atoms with E-state index < -0.39 is 0 Å². The van der Waals surface area contributed by atoms with Crippen LogP contribution < -0.4 is 0 Å². The largest absolute Gasteiger partial charge is 0.396 e. The second-order valence-electron chi connectivity index (χ2n) is 8.16. The van der Waals surface area contributed by atoms with Gasteiger partial charge < -0.3 is 15.3 Å². The van der Waals surface area contributed by atoms with E-state index in [4.69, 9.17) is 15.3 Å². The van der Waals surface area contributed by atoms with Gasteiger partial charge in [0, 0.05) is 55.4 Å². The Morgan fingerprint density at radius 1 is 0.474 bits per heavy atom. The fourth-order valence-corrected chi connectivity index (χ4v) is 0. The van der Waals surface area contributed by atoms with Crippen LogP contribution in [0.1, 0.15) is 62.3 Å². The maximum absolute atomic E-state index is 8.40. The van der Waals surface area contributed by atoms with Crippen molar-refractivity contribution in [2.45, 2.75) is 62.3 Å². The van der Waals surface area contributed by atoms with Gasteiger partial charge in [0.25, 0.3) is 0 Å². The molecule has 0 aliphatic heterocycles. The average Bonchev–Trinajstić information content (AvgIpc) is 2.16. The Balaban J connectivity index is -0.0000000865. The summed E-state index contributed by atoms with van der Waals surface area (Å²) in [5, 5.41) is 25.2. The molecule has 1 radical (unpaired) electrons. The molecular weight excluding hydrogens is 367 g/mol. The molecule has 0 heterocycles. The van der Waals surface area contributed by atoms with Crippen LogP contribution in [0, 0.1) is 51.8 Å². The minimum absolute atomic E-state index is 0. The van der Waals surface area contributed by atoms with Crippen LogP contribution in [0.25, 0.3) is 0 Å². The third kappa shape index (κ3) is 54.8. The third-order valence-corrected chi connectivity index (χ3v) is 1.42. The van der Waals surface area contributed by atoms with E-state index >= 15 is 0 Å². The van der Waals surface area contributed by atoms with Crippen molar-refractivity contribution in [1.29, 1.82) is 0 Å². The minimum Gasteiger partial charge on any atom is -0.396 e. The Morgan fingerprint density at radius 2 is 0.526 bits per heavy atom. The van der Waals surface area contributed by atoms with Crippen LogP contribution in [0.2, 0.25) is 0 Å². The Bertz CT molecular complexity index is 140. The van der Waals surface area contributed by atoms with E-state index in [-0.39, 0.29) is 71.7 Å². The number of rotatable bonds is 0. The monoisotopic (exact) mass is 403 g/mol. The first-order valence-electron chi connectivity index (χ1n) is 6.51. The standard InChI is InChI=1S/3C5H12O.La/c3*1-5(2,3)4-6;/h3*6H,4H2,1-3H3;. The normalized spacial score (nSPS) is 11.4. The number of hydrogen-bond donors (Lipinski definition) is 3. The zero-order chi connectivity index (χ0) is 15.6. The molecule has 0 rings (SSSR count). The number of aliphatic hydroxyl groups excluding tert-OH is 3. The smallest absolute Gasteiger partial charge is 0.0479 e. The molecule has 3 nitrogen and oxygen atoms in total. The molecule has 0 amide bonds. The van der Waals surface area contributed by atoms with Crippen LogP contribution in [0.3, 0.4) is 0 Å². The minimum atomic E-state index is 0. The topological polar surface area (TPSA) is 60.7 Å². The fourth-order valence-electron chi connectivity index (χ4n) is 0. The van der Waals surface area contributed by atoms with Crippen molar-refractivity contribution in [1.82, 2.24) is 0 Å². The molecule has 0 saturated heterocycles. The predicted octanol–water partition coefficient (Wildman–Crippen LogP) is 3.07. The van der Waals surface area contributed by atoms with E-state index in [1.54, 1.807) is 0 Å². The molecule has 117 valence electrons. The van der Waals surface area contributed by atoms with Gasteiger partial charge in [0.2, 0.25) is 0 Å². The van der Waals surface area contributed by atoms with Gasteiger partial charge in [0.15, 0.2) is 0 Å². The second kappa shape index (κ2) is 12.8. The third-order valence-electron chi connectivity index (χ3n) is 1.42. The van der Waals surface area contributed by atoms with Crippen LogP contribution in [0.5, 0.6) is 0 Å². The summed E-state index contributed by atoms with van der Waals surface area (Å²) >= 11 is 0. The van der Waals surface area contributed by atoms with Gasteiger partial charge in [-0.1, -0.05) is 62.3 Å². The van der Waals surface area contributed by atoms with Gasteiger partial charge in [-0.2, -0.15) is 0 Å². The molecule has 0 aromatic heterocycles. The number of aliphatic hydroxyl groups is 3. The molecule has 19 heavy (non-hydrogen) atoms. The first kappa shape index (κ1) is 28.3. The van der Waals surface area contributed by atoms with E-state index in [2.05, 4.69) is 0 Å². The van der Waals surface area contributed by atoms with Crippen molar-refractivity contribution in [3.63, 3.8) is 0 Å². The Labute approximate surface area is 148 Å². The molecule has 0 aliphatic carbocycles. The van der Waals surface area contributed by atoms with E-state index in [1.165, 1.54) is 0 Å². The molecule has 0 aromatic carbocycles. The van der Waals surface area contributed by atoms with Crippen LogP contribution in [0.15, 0.2) is 0 Å². The van der Waals surface area contributed by atoms with E-state index in [0.717, 1.165) is 0 Å². The van der Waals surface area contributed by atoms with Gasteiger partial charge in [-0.25, -0.2) is 0 Å². The zero-order valence-corrected chi connectivity index (χ0v) is 18.2. The second-order valence-corrected chi connectivity index (χ2v) is 8.16. The van der Waals surface area contributed by atoms with E-state index in [1.807, 2.05) is 62.3 Å². The van der Waals surface area contributed by atoms with Crippen molar-refractivity contribution >= 4 is 0 Å². The van der Waals surface area contributed by atoms with Crippen molar-refractivity contribution in [3.8, 4) is 0 Å². The van der Waals surface area contributed by atoms with Gasteiger partial charge in [-0.05, 0) is 16.2 Å². The van der Waals surface area contributed by atoms with Crippen molar-refractivity contribution in [2.24, 2.45) is 16.2 Å². The first-order valence-corrected chi connectivity index (χ1v) is 6.51. The van der Waals surface area contributed by atoms with Gasteiger partial charge in [0.05, 0.1) is 0 Å². The number of hydrogen-bond acceptors (Lipinski definition) is 3. The van der Waals surface area contributed by atoms with Crippen LogP contribution in [0.4, 0.5) is 0 Å². The summed E-state index contributed by atoms with van der Waals surface area (Å²) < 4.78 is 0. The summed E-state index contributed by atoms with van der Waals surface area (Å²) in [6.07, 6.45) is 0. The summed E-state index contributed by atoms with van der Waals surface area (Å²) in [4.78, 5) is 0. The summed E-state index contributed by atoms with van der Waals surface area (Å²) in [5.41, 5.74) is 0.292. The SMILES string of the molecule is CC(C)(C)CO.CC(C)(C)CO.CC(C)(C)CO.[La]. The van der Waals surface area contributed by atoms with Crippen LogP contribution >= 0.6 is 0 Å². The van der Waals surface area contributed by atoms with Crippen LogP contribution in [-0.2, 0) is 0 Å². The fraction of sp³-hybridized carbons (Fsp3) is 1.00. The quantitative estimate of drug-likeness (QED) is 0.583. The first-order chi connectivity index (χ1) is 7.68. The van der Waals surface area contributed by atoms with Gasteiger partial charge in [-0.15, -0.1) is 0 Å². The molecule has 4 heteroatoms. The average molecular weight is 403 g/mol. The molecule has 0 aromatic rings. The molecular formula is C15H36LaO3. The maximum atomic E-state index is 8.40. The summed E-state index contributed by atoms with van der Waals surface area (Å²) in [6, 6.07) is 0. The molecule has 0 atom stereocenters. The summed E-state index contributed by atoms with van der Waals surface area (Å²) in [7, 11) is 0. The predicted molar refractivity (Wildman–Crippen MR) is 79.6 cm³/mol. The van der Waals surface area contributed by atoms with Crippen molar-refractivity contribution < 1.29 is 50.9 Å². The molecule has 3 N–H and O–H groups in total. The van der Waals surface area contributed by atoms with Crippen molar-refractivity contribution in [2.75, 3.05) is 19.8 Å². The van der Waals surface area contributed by atoms with Crippen LogP contribution in [-0.4, -0.2) is 35.1 Å². The van der Waals surface area contributed by atoms with Gasteiger partial charge >= 0.3 is 0 Å². The molecule has 0 aliphatic rings.